The normalized spacial score (nSPS) is 24.8. The second-order valence-electron chi connectivity index (χ2n) is 4.25. The minimum Gasteiger partial charge on any atom is -0.394 e. The van der Waals surface area contributed by atoms with Crippen molar-refractivity contribution in [2.45, 2.75) is 24.8 Å². The van der Waals surface area contributed by atoms with Gasteiger partial charge < -0.3 is 15.6 Å². The highest BCUT2D eigenvalue weighted by Crippen LogP contribution is 2.51. The molecule has 0 spiro atoms. The Hall–Kier alpha value is -1.43. The Bertz CT molecular complexity index is 638. The molecule has 1 aliphatic heterocycles. The lowest BCUT2D eigenvalue weighted by atomic mass is 10.2. The third-order valence-electron chi connectivity index (χ3n) is 3.05. The number of rotatable bonds is 2. The molecule has 4 N–H and O–H groups in total. The molecular formula is C10H13N4O3P. The van der Waals surface area contributed by atoms with Crippen LogP contribution in [-0.4, -0.2) is 32.8 Å². The maximum atomic E-state index is 11.7. The molecule has 1 fully saturated rings. The quantitative estimate of drug-likeness (QED) is 0.733. The van der Waals surface area contributed by atoms with E-state index in [1.165, 1.54) is 0 Å². The van der Waals surface area contributed by atoms with E-state index >= 15 is 0 Å². The topological polar surface area (TPSA) is 114 Å². The molecule has 2 unspecified atom stereocenters. The van der Waals surface area contributed by atoms with Crippen LogP contribution in [0.1, 0.15) is 18.7 Å². The summed E-state index contributed by atoms with van der Waals surface area (Å²) >= 11 is 0. The van der Waals surface area contributed by atoms with Crippen LogP contribution in [0.15, 0.2) is 10.7 Å². The first-order valence-corrected chi connectivity index (χ1v) is 7.15. The monoisotopic (exact) mass is 268 g/mol. The van der Waals surface area contributed by atoms with E-state index in [9.17, 15) is 4.79 Å². The van der Waals surface area contributed by atoms with Crippen molar-refractivity contribution in [1.82, 2.24) is 15.0 Å². The Balaban J connectivity index is 2.05. The van der Waals surface area contributed by atoms with Crippen LogP contribution in [0, 0.1) is 0 Å². The fraction of sp³-hybridized carbons (Fsp3) is 0.500. The molecular weight excluding hydrogens is 255 g/mol. The van der Waals surface area contributed by atoms with Gasteiger partial charge in [-0.2, -0.15) is 0 Å². The van der Waals surface area contributed by atoms with Crippen molar-refractivity contribution in [3.8, 4) is 0 Å². The zero-order valence-corrected chi connectivity index (χ0v) is 10.4. The van der Waals surface area contributed by atoms with Crippen LogP contribution in [0.2, 0.25) is 0 Å². The number of anilines is 1. The molecule has 0 amide bonds. The Kier molecular flexibility index (Phi) is 2.81. The molecule has 0 saturated carbocycles. The maximum Gasteiger partial charge on any atom is 0.279 e. The molecule has 96 valence electrons. The highest BCUT2D eigenvalue weighted by molar-refractivity contribution is 7.54. The maximum absolute atomic E-state index is 11.7. The SMILES string of the molecule is Nc1nc2c(ncp2C2CC[C@@H](CO)O2)c(=O)[nH]1. The van der Waals surface area contributed by atoms with Crippen LogP contribution in [0.4, 0.5) is 5.95 Å². The van der Waals surface area contributed by atoms with Gasteiger partial charge in [-0.15, -0.1) is 0 Å². The fourth-order valence-corrected chi connectivity index (χ4v) is 4.31. The van der Waals surface area contributed by atoms with Gasteiger partial charge in [0, 0.05) is 0 Å². The van der Waals surface area contributed by atoms with Gasteiger partial charge in [0.2, 0.25) is 5.95 Å². The van der Waals surface area contributed by atoms with Gasteiger partial charge in [0.25, 0.3) is 5.56 Å². The average Bonchev–Trinajstić information content (AvgIpc) is 2.93. The molecule has 1 saturated heterocycles. The number of hydrogen-bond donors (Lipinski definition) is 3. The summed E-state index contributed by atoms with van der Waals surface area (Å²) in [6.07, 6.45) is 1.55. The summed E-state index contributed by atoms with van der Waals surface area (Å²) in [5.74, 6) is 1.82. The highest BCUT2D eigenvalue weighted by Gasteiger charge is 2.28. The molecule has 18 heavy (non-hydrogen) atoms. The van der Waals surface area contributed by atoms with Crippen LogP contribution >= 0.6 is 7.53 Å². The standard InChI is InChI=1S/C10H13N4O3P/c11-10-13-8(16)7-9(14-10)18(4-12-7)6-2-1-5(3-15)17-6/h4-6,15H,1-3H2,(H3,11,13,14,16)/t5-,6?,18?/m0/s1. The van der Waals surface area contributed by atoms with Gasteiger partial charge in [0.15, 0.2) is 5.52 Å². The molecule has 7 nitrogen and oxygen atoms in total. The predicted molar refractivity (Wildman–Crippen MR) is 67.5 cm³/mol. The molecule has 0 radical (unpaired) electrons. The van der Waals surface area contributed by atoms with Crippen LogP contribution in [0.25, 0.3) is 10.8 Å². The Labute approximate surface area is 103 Å². The van der Waals surface area contributed by atoms with Crippen molar-refractivity contribution in [2.24, 2.45) is 0 Å². The second-order valence-corrected chi connectivity index (χ2v) is 6.29. The third-order valence-corrected chi connectivity index (χ3v) is 5.22. The van der Waals surface area contributed by atoms with E-state index in [-0.39, 0.29) is 30.1 Å². The Morgan fingerprint density at radius 1 is 1.61 bits per heavy atom. The second kappa shape index (κ2) is 4.35. The fourth-order valence-electron chi connectivity index (χ4n) is 2.18. The number of nitrogens with two attached hydrogens (primary N) is 1. The minimum atomic E-state index is -0.863. The van der Waals surface area contributed by atoms with Crippen LogP contribution in [-0.2, 0) is 4.74 Å². The first kappa shape index (κ1) is 11.6. The van der Waals surface area contributed by atoms with Crippen LogP contribution < -0.4 is 11.3 Å². The number of ether oxygens (including phenoxy) is 1. The predicted octanol–water partition coefficient (Wildman–Crippen LogP) is 0.557. The average molecular weight is 268 g/mol. The van der Waals surface area contributed by atoms with E-state index < -0.39 is 7.53 Å². The van der Waals surface area contributed by atoms with E-state index in [2.05, 4.69) is 15.0 Å². The Morgan fingerprint density at radius 2 is 2.44 bits per heavy atom. The zero-order valence-electron chi connectivity index (χ0n) is 9.54. The van der Waals surface area contributed by atoms with E-state index in [0.717, 1.165) is 12.8 Å². The van der Waals surface area contributed by atoms with E-state index in [0.29, 0.717) is 10.8 Å². The molecule has 2 aromatic heterocycles. The number of nitrogens with one attached hydrogen (secondary N) is 1. The molecule has 3 heterocycles. The lowest BCUT2D eigenvalue weighted by Gasteiger charge is -2.11. The number of nitrogens with zero attached hydrogens (tertiary/aromatic N) is 2. The summed E-state index contributed by atoms with van der Waals surface area (Å²) in [6, 6.07) is 0. The van der Waals surface area contributed by atoms with Crippen molar-refractivity contribution < 1.29 is 9.84 Å². The zero-order chi connectivity index (χ0) is 12.7. The van der Waals surface area contributed by atoms with Crippen LogP contribution in [0.3, 0.4) is 0 Å². The molecule has 0 aliphatic carbocycles. The van der Waals surface area contributed by atoms with Gasteiger partial charge in [-0.1, -0.05) is 0 Å². The van der Waals surface area contributed by atoms with Gasteiger partial charge >= 0.3 is 0 Å². The molecule has 2 aromatic rings. The van der Waals surface area contributed by atoms with Crippen molar-refractivity contribution in [2.75, 3.05) is 12.3 Å². The van der Waals surface area contributed by atoms with Crippen molar-refractivity contribution in [3.63, 3.8) is 0 Å². The summed E-state index contributed by atoms with van der Waals surface area (Å²) in [5.41, 5.74) is 5.58. The lowest BCUT2D eigenvalue weighted by Crippen LogP contribution is -2.11. The number of aromatic amines is 1. The van der Waals surface area contributed by atoms with Gasteiger partial charge in [0.05, 0.1) is 24.5 Å². The number of hydrogen-bond acceptors (Lipinski definition) is 6. The van der Waals surface area contributed by atoms with Gasteiger partial charge in [0.1, 0.15) is 5.25 Å². The lowest BCUT2D eigenvalue weighted by molar-refractivity contribution is 0.0308. The van der Waals surface area contributed by atoms with Gasteiger partial charge in [-0.05, 0) is 20.4 Å². The number of H-pyrrole nitrogens is 1. The van der Waals surface area contributed by atoms with E-state index in [4.69, 9.17) is 15.6 Å². The first-order chi connectivity index (χ1) is 8.69. The van der Waals surface area contributed by atoms with Gasteiger partial charge in [-0.3, -0.25) is 9.78 Å². The summed E-state index contributed by atoms with van der Waals surface area (Å²) < 4.78 is 5.73. The van der Waals surface area contributed by atoms with Gasteiger partial charge in [-0.25, -0.2) is 9.97 Å². The summed E-state index contributed by atoms with van der Waals surface area (Å²) in [7, 11) is -0.863. The van der Waals surface area contributed by atoms with Crippen molar-refractivity contribution in [3.05, 3.63) is 16.3 Å². The number of aliphatic hydroxyl groups is 1. The molecule has 1 aliphatic rings. The number of fused-ring (bicyclic) bond motifs is 1. The first-order valence-electron chi connectivity index (χ1n) is 5.67. The largest absolute Gasteiger partial charge is 0.394 e. The third kappa shape index (κ3) is 1.80. The summed E-state index contributed by atoms with van der Waals surface area (Å²) in [5, 5.41) is 9.70. The summed E-state index contributed by atoms with van der Waals surface area (Å²) in [4.78, 5) is 22.4. The highest BCUT2D eigenvalue weighted by atomic mass is 31.1. The van der Waals surface area contributed by atoms with E-state index in [1.807, 2.05) is 0 Å². The molecule has 0 bridgehead atoms. The van der Waals surface area contributed by atoms with E-state index in [1.54, 1.807) is 5.93 Å². The Morgan fingerprint density at radius 3 is 3.17 bits per heavy atom. The number of aliphatic hydroxyl groups excluding tert-OH is 1. The number of nitrogen functional groups attached to an aromatic ring is 1. The van der Waals surface area contributed by atoms with Crippen molar-refractivity contribution >= 4 is 24.2 Å². The minimum absolute atomic E-state index is 0.0224. The molecule has 3 atom stereocenters. The molecule has 0 aromatic carbocycles. The van der Waals surface area contributed by atoms with Crippen LogP contribution in [0.5, 0.6) is 0 Å². The molecule has 3 rings (SSSR count). The number of aromatic nitrogens is 3. The van der Waals surface area contributed by atoms with Crippen molar-refractivity contribution in [1.29, 1.82) is 0 Å². The summed E-state index contributed by atoms with van der Waals surface area (Å²) in [6.45, 7) is 0.0224. The molecule has 8 heteroatoms. The smallest absolute Gasteiger partial charge is 0.279 e.